The van der Waals surface area contributed by atoms with Gasteiger partial charge in [0.2, 0.25) is 0 Å². The highest BCUT2D eigenvalue weighted by Crippen LogP contribution is 2.25. The van der Waals surface area contributed by atoms with E-state index < -0.39 is 24.4 Å². The molecule has 26 heavy (non-hydrogen) atoms. The van der Waals surface area contributed by atoms with Crippen molar-refractivity contribution in [3.05, 3.63) is 23.7 Å². The number of nitrogens with zero attached hydrogens (tertiary/aromatic N) is 4. The Morgan fingerprint density at radius 3 is 2.54 bits per heavy atom. The monoisotopic (exact) mass is 362 g/mol. The fraction of sp³-hybridized carbons (Fsp3) is 0.667. The summed E-state index contributed by atoms with van der Waals surface area (Å²) >= 11 is 0. The van der Waals surface area contributed by atoms with Crippen molar-refractivity contribution in [2.24, 2.45) is 0 Å². The van der Waals surface area contributed by atoms with Crippen LogP contribution >= 0.6 is 0 Å². The Morgan fingerprint density at radius 2 is 1.85 bits per heavy atom. The molecule has 0 aromatic carbocycles. The predicted molar refractivity (Wildman–Crippen MR) is 95.3 cm³/mol. The predicted octanol–water partition coefficient (Wildman–Crippen LogP) is 0.0520. The fourth-order valence-electron chi connectivity index (χ4n) is 3.93. The van der Waals surface area contributed by atoms with Crippen LogP contribution in [0.25, 0.3) is 5.52 Å². The molecule has 4 rings (SSSR count). The first kappa shape index (κ1) is 17.7. The molecule has 2 aliphatic rings. The highest BCUT2D eigenvalue weighted by atomic mass is 16.6. The Balaban J connectivity index is 1.62. The standard InChI is InChI=1S/C18H26N4O4/c1-11-12-5-6-15(21-7-3-2-4-8-21)20-22(12)16(19-11)9-13-17(24)18(25)14(10-23)26-13/h5-6,13-14,17-18,23-25H,2-4,7-10H2,1H3/t13-,14+,17-,18+/m0/s1. The van der Waals surface area contributed by atoms with E-state index in [1.54, 1.807) is 0 Å². The van der Waals surface area contributed by atoms with Crippen molar-refractivity contribution in [3.63, 3.8) is 0 Å². The van der Waals surface area contributed by atoms with Crippen molar-refractivity contribution in [1.82, 2.24) is 14.6 Å². The summed E-state index contributed by atoms with van der Waals surface area (Å²) in [7, 11) is 0. The van der Waals surface area contributed by atoms with Crippen LogP contribution in [-0.2, 0) is 11.2 Å². The number of fused-ring (bicyclic) bond motifs is 1. The van der Waals surface area contributed by atoms with E-state index in [-0.39, 0.29) is 6.61 Å². The van der Waals surface area contributed by atoms with Crippen LogP contribution in [0.15, 0.2) is 12.1 Å². The average molecular weight is 362 g/mol. The molecule has 142 valence electrons. The van der Waals surface area contributed by atoms with Gasteiger partial charge in [-0.3, -0.25) is 0 Å². The third-order valence-electron chi connectivity index (χ3n) is 5.44. The van der Waals surface area contributed by atoms with E-state index in [1.165, 1.54) is 19.3 Å². The first-order valence-electron chi connectivity index (χ1n) is 9.31. The normalized spacial score (nSPS) is 29.6. The van der Waals surface area contributed by atoms with E-state index in [2.05, 4.69) is 9.88 Å². The molecule has 0 bridgehead atoms. The summed E-state index contributed by atoms with van der Waals surface area (Å²) in [5, 5.41) is 34.2. The van der Waals surface area contributed by atoms with Crippen LogP contribution in [0.1, 0.15) is 30.8 Å². The fourth-order valence-corrected chi connectivity index (χ4v) is 3.93. The zero-order valence-corrected chi connectivity index (χ0v) is 15.0. The van der Waals surface area contributed by atoms with E-state index >= 15 is 0 Å². The number of aromatic nitrogens is 3. The van der Waals surface area contributed by atoms with E-state index in [0.717, 1.165) is 30.1 Å². The van der Waals surface area contributed by atoms with Crippen LogP contribution in [0.4, 0.5) is 5.82 Å². The van der Waals surface area contributed by atoms with Gasteiger partial charge in [-0.2, -0.15) is 0 Å². The van der Waals surface area contributed by atoms with Gasteiger partial charge >= 0.3 is 0 Å². The van der Waals surface area contributed by atoms with Crippen molar-refractivity contribution < 1.29 is 20.1 Å². The molecule has 0 radical (unpaired) electrons. The molecule has 2 aliphatic heterocycles. The Hall–Kier alpha value is -1.74. The van der Waals surface area contributed by atoms with Gasteiger partial charge in [-0.05, 0) is 38.3 Å². The van der Waals surface area contributed by atoms with Gasteiger partial charge in [0.1, 0.15) is 30.0 Å². The van der Waals surface area contributed by atoms with Crippen molar-refractivity contribution in [2.75, 3.05) is 24.6 Å². The molecule has 8 heteroatoms. The van der Waals surface area contributed by atoms with Crippen LogP contribution < -0.4 is 4.90 Å². The van der Waals surface area contributed by atoms with Crippen molar-refractivity contribution in [2.45, 2.75) is 57.0 Å². The molecule has 2 saturated heterocycles. The molecule has 2 fully saturated rings. The topological polar surface area (TPSA) is 103 Å². The van der Waals surface area contributed by atoms with Crippen LogP contribution in [0.5, 0.6) is 0 Å². The lowest BCUT2D eigenvalue weighted by Crippen LogP contribution is -2.34. The van der Waals surface area contributed by atoms with Crippen LogP contribution in [-0.4, -0.2) is 74.0 Å². The van der Waals surface area contributed by atoms with Gasteiger partial charge in [0.05, 0.1) is 23.9 Å². The summed E-state index contributed by atoms with van der Waals surface area (Å²) in [6.07, 6.45) is 0.418. The lowest BCUT2D eigenvalue weighted by molar-refractivity contribution is -0.0221. The first-order valence-corrected chi connectivity index (χ1v) is 9.31. The largest absolute Gasteiger partial charge is 0.394 e. The minimum absolute atomic E-state index is 0.320. The van der Waals surface area contributed by atoms with Gasteiger partial charge < -0.3 is 25.0 Å². The van der Waals surface area contributed by atoms with Gasteiger partial charge in [0.25, 0.3) is 0 Å². The molecule has 0 unspecified atom stereocenters. The molecule has 0 aliphatic carbocycles. The zero-order chi connectivity index (χ0) is 18.3. The number of rotatable bonds is 4. The van der Waals surface area contributed by atoms with E-state index in [9.17, 15) is 15.3 Å². The molecule has 0 spiro atoms. The van der Waals surface area contributed by atoms with Crippen molar-refractivity contribution in [1.29, 1.82) is 0 Å². The number of piperidine rings is 1. The molecule has 0 saturated carbocycles. The maximum atomic E-state index is 10.2. The van der Waals surface area contributed by atoms with Crippen LogP contribution in [0, 0.1) is 6.92 Å². The number of ether oxygens (including phenoxy) is 1. The molecule has 4 heterocycles. The lowest BCUT2D eigenvalue weighted by Gasteiger charge is -2.27. The summed E-state index contributed by atoms with van der Waals surface area (Å²) in [5.41, 5.74) is 1.79. The van der Waals surface area contributed by atoms with Crippen molar-refractivity contribution in [3.8, 4) is 0 Å². The third kappa shape index (κ3) is 3.07. The summed E-state index contributed by atoms with van der Waals surface area (Å²) in [5.74, 6) is 1.61. The maximum absolute atomic E-state index is 10.2. The molecule has 4 atom stereocenters. The maximum Gasteiger partial charge on any atom is 0.149 e. The van der Waals surface area contributed by atoms with Gasteiger partial charge in [0, 0.05) is 19.5 Å². The Kier molecular flexibility index (Phi) is 4.83. The summed E-state index contributed by atoms with van der Waals surface area (Å²) in [6.45, 7) is 3.62. The highest BCUT2D eigenvalue weighted by Gasteiger charge is 2.42. The lowest BCUT2D eigenvalue weighted by atomic mass is 10.1. The molecule has 2 aromatic heterocycles. The van der Waals surface area contributed by atoms with Gasteiger partial charge in [-0.1, -0.05) is 0 Å². The summed E-state index contributed by atoms with van der Waals surface area (Å²) < 4.78 is 7.42. The summed E-state index contributed by atoms with van der Waals surface area (Å²) in [6, 6.07) is 4.06. The molecular formula is C18H26N4O4. The second-order valence-electron chi connectivity index (χ2n) is 7.23. The molecule has 3 N–H and O–H groups in total. The summed E-state index contributed by atoms with van der Waals surface area (Å²) in [4.78, 5) is 6.88. The second-order valence-corrected chi connectivity index (χ2v) is 7.23. The number of aryl methyl sites for hydroxylation is 1. The minimum Gasteiger partial charge on any atom is -0.394 e. The number of aliphatic hydroxyl groups excluding tert-OH is 3. The number of aliphatic hydroxyl groups is 3. The smallest absolute Gasteiger partial charge is 0.149 e. The number of imidazole rings is 1. The molecule has 8 nitrogen and oxygen atoms in total. The van der Waals surface area contributed by atoms with E-state index in [4.69, 9.17) is 9.84 Å². The Labute approximate surface area is 152 Å². The van der Waals surface area contributed by atoms with Gasteiger partial charge in [-0.25, -0.2) is 9.50 Å². The minimum atomic E-state index is -1.09. The molecular weight excluding hydrogens is 336 g/mol. The number of anilines is 1. The molecule has 2 aromatic rings. The van der Waals surface area contributed by atoms with Gasteiger partial charge in [-0.15, -0.1) is 5.10 Å². The van der Waals surface area contributed by atoms with E-state index in [0.29, 0.717) is 12.2 Å². The van der Waals surface area contributed by atoms with Crippen LogP contribution in [0.2, 0.25) is 0 Å². The molecule has 0 amide bonds. The van der Waals surface area contributed by atoms with Crippen LogP contribution in [0.3, 0.4) is 0 Å². The number of hydrogen-bond donors (Lipinski definition) is 3. The quantitative estimate of drug-likeness (QED) is 0.706. The first-order chi connectivity index (χ1) is 12.6. The Bertz CT molecular complexity index is 774. The van der Waals surface area contributed by atoms with Gasteiger partial charge in [0.15, 0.2) is 0 Å². The second kappa shape index (κ2) is 7.11. The zero-order valence-electron chi connectivity index (χ0n) is 15.0. The van der Waals surface area contributed by atoms with Crippen molar-refractivity contribution >= 4 is 11.3 Å². The third-order valence-corrected chi connectivity index (χ3v) is 5.44. The van der Waals surface area contributed by atoms with E-state index in [1.807, 2.05) is 23.6 Å². The SMILES string of the molecule is Cc1nc(C[C@@H]2O[C@H](CO)[C@@H](O)[C@H]2O)n2nc(N3CCCCC3)ccc12. The Morgan fingerprint density at radius 1 is 1.12 bits per heavy atom. The number of hydrogen-bond acceptors (Lipinski definition) is 7. The average Bonchev–Trinajstić information content (AvgIpc) is 3.13. The highest BCUT2D eigenvalue weighted by molar-refractivity contribution is 5.55.